The molecule has 0 spiro atoms. The molecule has 0 atom stereocenters. The fraction of sp³-hybridized carbons (Fsp3) is 0.0556. The van der Waals surface area contributed by atoms with Crippen molar-refractivity contribution in [1.29, 1.82) is 0 Å². The van der Waals surface area contributed by atoms with E-state index < -0.39 is 0 Å². The first-order valence-electron chi connectivity index (χ1n) is 7.35. The lowest BCUT2D eigenvalue weighted by Crippen LogP contribution is -2.13. The lowest BCUT2D eigenvalue weighted by molar-refractivity contribution is 0.0999. The summed E-state index contributed by atoms with van der Waals surface area (Å²) in [4.78, 5) is 22.3. The highest BCUT2D eigenvalue weighted by Crippen LogP contribution is 2.25. The Morgan fingerprint density at radius 3 is 2.88 bits per heavy atom. The molecule has 0 aliphatic heterocycles. The summed E-state index contributed by atoms with van der Waals surface area (Å²) in [6, 6.07) is 12.9. The number of hydrogen-bond acceptors (Lipinski definition) is 4. The van der Waals surface area contributed by atoms with Crippen molar-refractivity contribution >= 4 is 28.1 Å². The smallest absolute Gasteiger partial charge is 0.280 e. The van der Waals surface area contributed by atoms with E-state index in [1.807, 2.05) is 53.5 Å². The van der Waals surface area contributed by atoms with Crippen LogP contribution in [-0.4, -0.2) is 15.5 Å². The number of thiazole rings is 1. The molecule has 0 aliphatic rings. The number of carbonyl (C=O) groups is 1. The number of pyridine rings is 1. The number of furan rings is 1. The van der Waals surface area contributed by atoms with Gasteiger partial charge in [-0.05, 0) is 24.3 Å². The number of hydrogen-bond donors (Lipinski definition) is 0. The van der Waals surface area contributed by atoms with Crippen LogP contribution < -0.4 is 4.80 Å². The quantitative estimate of drug-likeness (QED) is 0.562. The molecular formula is C18H13N3O2S. The van der Waals surface area contributed by atoms with Gasteiger partial charge in [-0.2, -0.15) is 4.99 Å². The van der Waals surface area contributed by atoms with Crippen LogP contribution in [0.5, 0.6) is 0 Å². The summed E-state index contributed by atoms with van der Waals surface area (Å²) < 4.78 is 7.24. The van der Waals surface area contributed by atoms with Gasteiger partial charge in [-0.25, -0.2) is 4.98 Å². The number of aryl methyl sites for hydroxylation is 1. The van der Waals surface area contributed by atoms with Gasteiger partial charge in [-0.1, -0.05) is 18.2 Å². The van der Waals surface area contributed by atoms with Gasteiger partial charge >= 0.3 is 0 Å². The van der Waals surface area contributed by atoms with Crippen molar-refractivity contribution < 1.29 is 9.21 Å². The van der Waals surface area contributed by atoms with Crippen LogP contribution in [-0.2, 0) is 7.05 Å². The molecule has 3 aromatic heterocycles. The van der Waals surface area contributed by atoms with Gasteiger partial charge in [0, 0.05) is 24.0 Å². The van der Waals surface area contributed by atoms with Crippen LogP contribution in [0.3, 0.4) is 0 Å². The summed E-state index contributed by atoms with van der Waals surface area (Å²) in [6.45, 7) is 0. The summed E-state index contributed by atoms with van der Waals surface area (Å²) in [5, 5.41) is 2.67. The lowest BCUT2D eigenvalue weighted by Gasteiger charge is -2.05. The van der Waals surface area contributed by atoms with E-state index in [0.29, 0.717) is 21.8 Å². The molecule has 4 aromatic rings. The van der Waals surface area contributed by atoms with Gasteiger partial charge in [0.2, 0.25) is 0 Å². The number of rotatable bonds is 2. The predicted molar refractivity (Wildman–Crippen MR) is 92.6 cm³/mol. The summed E-state index contributed by atoms with van der Waals surface area (Å²) in [5.74, 6) is 0.330. The molecule has 5 nitrogen and oxygen atoms in total. The first-order valence-corrected chi connectivity index (χ1v) is 8.23. The third kappa shape index (κ3) is 2.57. The minimum atomic E-state index is -0.292. The molecular weight excluding hydrogens is 322 g/mol. The van der Waals surface area contributed by atoms with E-state index in [-0.39, 0.29) is 5.91 Å². The second kappa shape index (κ2) is 5.90. The second-order valence-corrected chi connectivity index (χ2v) is 6.14. The molecule has 1 aromatic carbocycles. The molecule has 24 heavy (non-hydrogen) atoms. The third-order valence-electron chi connectivity index (χ3n) is 3.68. The van der Waals surface area contributed by atoms with E-state index in [1.165, 1.54) is 11.3 Å². The highest BCUT2D eigenvalue weighted by Gasteiger charge is 2.14. The van der Waals surface area contributed by atoms with Crippen LogP contribution in [0.25, 0.3) is 22.4 Å². The van der Waals surface area contributed by atoms with Crippen molar-refractivity contribution in [2.75, 3.05) is 0 Å². The SMILES string of the molecule is Cn1ccsc1=NC(=O)c1cc(-c2ccco2)nc2ccccc12. The van der Waals surface area contributed by atoms with E-state index in [0.717, 1.165) is 10.9 Å². The van der Waals surface area contributed by atoms with E-state index in [4.69, 9.17) is 4.42 Å². The van der Waals surface area contributed by atoms with Gasteiger partial charge in [0.05, 0.1) is 17.3 Å². The van der Waals surface area contributed by atoms with Gasteiger partial charge in [-0.15, -0.1) is 11.3 Å². The van der Waals surface area contributed by atoms with Gasteiger partial charge in [0.1, 0.15) is 5.69 Å². The first-order chi connectivity index (χ1) is 11.7. The van der Waals surface area contributed by atoms with Crippen LogP contribution in [0.1, 0.15) is 10.4 Å². The minimum absolute atomic E-state index is 0.292. The molecule has 4 rings (SSSR count). The Balaban J connectivity index is 1.93. The highest BCUT2D eigenvalue weighted by atomic mass is 32.1. The molecule has 6 heteroatoms. The zero-order valence-corrected chi connectivity index (χ0v) is 13.7. The Morgan fingerprint density at radius 1 is 1.25 bits per heavy atom. The standard InChI is InChI=1S/C18H13N3O2S/c1-21-8-10-24-18(21)20-17(22)13-11-15(16-7-4-9-23-16)19-14-6-3-2-5-12(13)14/h2-11H,1H3. The fourth-order valence-corrected chi connectivity index (χ4v) is 3.21. The maximum absolute atomic E-state index is 12.8. The Hall–Kier alpha value is -2.99. The molecule has 1 amide bonds. The second-order valence-electron chi connectivity index (χ2n) is 5.26. The monoisotopic (exact) mass is 335 g/mol. The zero-order chi connectivity index (χ0) is 16.5. The molecule has 0 unspecified atom stereocenters. The van der Waals surface area contributed by atoms with Gasteiger partial charge in [0.25, 0.3) is 5.91 Å². The molecule has 0 radical (unpaired) electrons. The third-order valence-corrected chi connectivity index (χ3v) is 4.52. The molecule has 0 N–H and O–H groups in total. The maximum Gasteiger partial charge on any atom is 0.280 e. The van der Waals surface area contributed by atoms with Crippen molar-refractivity contribution in [2.24, 2.45) is 12.0 Å². The average Bonchev–Trinajstić information content (AvgIpc) is 3.26. The molecule has 0 saturated carbocycles. The number of fused-ring (bicyclic) bond motifs is 1. The molecule has 0 bridgehead atoms. The number of nitrogens with zero attached hydrogens (tertiary/aromatic N) is 3. The molecule has 3 heterocycles. The Labute approximate surface area is 141 Å². The van der Waals surface area contributed by atoms with E-state index in [1.54, 1.807) is 18.4 Å². The summed E-state index contributed by atoms with van der Waals surface area (Å²) >= 11 is 1.42. The minimum Gasteiger partial charge on any atom is -0.463 e. The van der Waals surface area contributed by atoms with Crippen molar-refractivity contribution in [1.82, 2.24) is 9.55 Å². The fourth-order valence-electron chi connectivity index (χ4n) is 2.48. The van der Waals surface area contributed by atoms with Crippen LogP contribution in [0, 0.1) is 0 Å². The predicted octanol–water partition coefficient (Wildman–Crippen LogP) is 3.64. The molecule has 0 fully saturated rings. The molecule has 118 valence electrons. The maximum atomic E-state index is 12.8. The van der Waals surface area contributed by atoms with E-state index in [2.05, 4.69) is 9.98 Å². The van der Waals surface area contributed by atoms with Crippen molar-refractivity contribution in [3.05, 3.63) is 70.7 Å². The summed E-state index contributed by atoms with van der Waals surface area (Å²) in [6.07, 6.45) is 3.46. The van der Waals surface area contributed by atoms with Crippen molar-refractivity contribution in [2.45, 2.75) is 0 Å². The van der Waals surface area contributed by atoms with E-state index in [9.17, 15) is 4.79 Å². The van der Waals surface area contributed by atoms with Gasteiger partial charge < -0.3 is 8.98 Å². The van der Waals surface area contributed by atoms with Crippen molar-refractivity contribution in [3.63, 3.8) is 0 Å². The highest BCUT2D eigenvalue weighted by molar-refractivity contribution is 7.07. The number of amides is 1. The average molecular weight is 335 g/mol. The Morgan fingerprint density at radius 2 is 2.12 bits per heavy atom. The lowest BCUT2D eigenvalue weighted by atomic mass is 10.1. The first kappa shape index (κ1) is 14.6. The van der Waals surface area contributed by atoms with Crippen LogP contribution in [0.4, 0.5) is 0 Å². The summed E-state index contributed by atoms with van der Waals surface area (Å²) in [7, 11) is 1.86. The van der Waals surface area contributed by atoms with Crippen LogP contribution >= 0.6 is 11.3 Å². The number of carbonyl (C=O) groups excluding carboxylic acids is 1. The Kier molecular flexibility index (Phi) is 3.59. The molecule has 0 saturated heterocycles. The number of benzene rings is 1. The van der Waals surface area contributed by atoms with E-state index >= 15 is 0 Å². The van der Waals surface area contributed by atoms with Crippen molar-refractivity contribution in [3.8, 4) is 11.5 Å². The number of para-hydroxylation sites is 1. The van der Waals surface area contributed by atoms with Gasteiger partial charge in [0.15, 0.2) is 10.6 Å². The largest absolute Gasteiger partial charge is 0.463 e. The van der Waals surface area contributed by atoms with Crippen LogP contribution in [0.15, 0.2) is 69.7 Å². The molecule has 0 aliphatic carbocycles. The normalized spacial score (nSPS) is 12.0. The van der Waals surface area contributed by atoms with Crippen LogP contribution in [0.2, 0.25) is 0 Å². The zero-order valence-electron chi connectivity index (χ0n) is 12.8. The number of aromatic nitrogens is 2. The van der Waals surface area contributed by atoms with Gasteiger partial charge in [-0.3, -0.25) is 4.79 Å². The summed E-state index contributed by atoms with van der Waals surface area (Å²) in [5.41, 5.74) is 1.87. The Bertz CT molecular complexity index is 1090. The topological polar surface area (TPSA) is 60.4 Å².